The van der Waals surface area contributed by atoms with Crippen LogP contribution in [-0.2, 0) is 17.6 Å². The van der Waals surface area contributed by atoms with Crippen molar-refractivity contribution in [3.05, 3.63) is 59.9 Å². The highest BCUT2D eigenvalue weighted by Gasteiger charge is 2.33. The predicted octanol–water partition coefficient (Wildman–Crippen LogP) is 4.04. The smallest absolute Gasteiger partial charge is 0.222 e. The van der Waals surface area contributed by atoms with Gasteiger partial charge >= 0.3 is 0 Å². The Kier molecular flexibility index (Phi) is 4.97. The number of anilines is 1. The Labute approximate surface area is 178 Å². The van der Waals surface area contributed by atoms with Gasteiger partial charge in [0.15, 0.2) is 0 Å². The predicted molar refractivity (Wildman–Crippen MR) is 121 cm³/mol. The number of aromatic nitrogens is 2. The van der Waals surface area contributed by atoms with Crippen molar-refractivity contribution in [2.45, 2.75) is 38.6 Å². The first-order chi connectivity index (χ1) is 14.6. The van der Waals surface area contributed by atoms with Crippen LogP contribution in [0.4, 0.5) is 5.69 Å². The fourth-order valence-electron chi connectivity index (χ4n) is 5.38. The number of benzene rings is 1. The fourth-order valence-corrected chi connectivity index (χ4v) is 5.38. The fraction of sp³-hybridized carbons (Fsp3) is 0.440. The van der Waals surface area contributed by atoms with Gasteiger partial charge < -0.3 is 14.8 Å². The number of nitrogens with one attached hydrogen (secondary N) is 1. The summed E-state index contributed by atoms with van der Waals surface area (Å²) in [5.41, 5.74) is 4.94. The molecular formula is C25H30N4O. The number of likely N-dealkylation sites (tertiary alicyclic amines) is 1. The largest absolute Gasteiger partial charge is 0.369 e. The third kappa shape index (κ3) is 3.47. The number of rotatable bonds is 4. The van der Waals surface area contributed by atoms with Crippen molar-refractivity contribution in [2.24, 2.45) is 11.8 Å². The van der Waals surface area contributed by atoms with E-state index in [-0.39, 0.29) is 0 Å². The summed E-state index contributed by atoms with van der Waals surface area (Å²) in [5, 5.41) is 1.14. The second-order valence-electron chi connectivity index (χ2n) is 9.10. The molecule has 0 saturated carbocycles. The van der Waals surface area contributed by atoms with Gasteiger partial charge in [0.1, 0.15) is 5.65 Å². The summed E-state index contributed by atoms with van der Waals surface area (Å²) in [7, 11) is 2.16. The summed E-state index contributed by atoms with van der Waals surface area (Å²) in [5.74, 6) is 1.31. The van der Waals surface area contributed by atoms with Crippen LogP contribution >= 0.6 is 0 Å². The van der Waals surface area contributed by atoms with E-state index in [2.05, 4.69) is 70.1 Å². The highest BCUT2D eigenvalue weighted by Crippen LogP contribution is 2.32. The molecule has 1 N–H and O–H groups in total. The number of carbonyl (C=O) groups excluding carboxylic acids is 1. The molecule has 1 unspecified atom stereocenters. The molecule has 5 heteroatoms. The number of H-pyrrole nitrogens is 1. The molecular weight excluding hydrogens is 372 g/mol. The first kappa shape index (κ1) is 19.2. The Balaban J connectivity index is 1.28. The molecule has 1 amide bonds. The molecule has 3 aromatic rings. The molecule has 1 aromatic carbocycles. The van der Waals surface area contributed by atoms with Gasteiger partial charge in [-0.3, -0.25) is 4.79 Å². The molecule has 5 rings (SSSR count). The van der Waals surface area contributed by atoms with Gasteiger partial charge in [0.2, 0.25) is 5.91 Å². The maximum atomic E-state index is 13.2. The lowest BCUT2D eigenvalue weighted by Gasteiger charge is -2.43. The second-order valence-corrected chi connectivity index (χ2v) is 9.10. The molecule has 0 radical (unpaired) electrons. The van der Waals surface area contributed by atoms with E-state index in [0.29, 0.717) is 30.2 Å². The second kappa shape index (κ2) is 7.78. The molecule has 1 saturated heterocycles. The van der Waals surface area contributed by atoms with Crippen LogP contribution in [0.3, 0.4) is 0 Å². The summed E-state index contributed by atoms with van der Waals surface area (Å²) in [6.45, 7) is 3.98. The number of amides is 1. The van der Waals surface area contributed by atoms with E-state index in [4.69, 9.17) is 0 Å². The van der Waals surface area contributed by atoms with Gasteiger partial charge in [-0.1, -0.05) is 31.2 Å². The Hall–Kier alpha value is -2.82. The Morgan fingerprint density at radius 2 is 1.97 bits per heavy atom. The van der Waals surface area contributed by atoms with Gasteiger partial charge in [-0.05, 0) is 54.4 Å². The Bertz CT molecular complexity index is 1030. The summed E-state index contributed by atoms with van der Waals surface area (Å²) < 4.78 is 0. The van der Waals surface area contributed by atoms with Crippen LogP contribution in [0.25, 0.3) is 11.0 Å². The molecule has 30 heavy (non-hydrogen) atoms. The lowest BCUT2D eigenvalue weighted by molar-refractivity contribution is -0.133. The first-order valence-electron chi connectivity index (χ1n) is 11.1. The molecule has 156 valence electrons. The van der Waals surface area contributed by atoms with Crippen molar-refractivity contribution in [1.82, 2.24) is 14.9 Å². The normalized spacial score (nSPS) is 21.7. The highest BCUT2D eigenvalue weighted by atomic mass is 16.2. The first-order valence-corrected chi connectivity index (χ1v) is 11.1. The van der Waals surface area contributed by atoms with Crippen LogP contribution < -0.4 is 4.90 Å². The molecule has 1 aliphatic heterocycles. The summed E-state index contributed by atoms with van der Waals surface area (Å²) in [6, 6.07) is 13.1. The number of aromatic amines is 1. The molecule has 2 atom stereocenters. The minimum atomic E-state index is 0.309. The number of nitrogens with zero attached hydrogens (tertiary/aromatic N) is 3. The summed E-state index contributed by atoms with van der Waals surface area (Å²) in [4.78, 5) is 25.3. The standard InChI is InChI=1S/C25H30N4O/c1-17-9-12-29(24(30)15-18-13-19-5-3-4-6-20(19)14-18)16-23(17)28(2)22-8-11-27-25-21(22)7-10-26-25/h3-8,10-11,17-18,23H,9,12-16H2,1-2H3,(H,26,27)/t17-,23?/m1/s1. The molecule has 2 aromatic heterocycles. The third-order valence-electron chi connectivity index (χ3n) is 7.18. The van der Waals surface area contributed by atoms with Crippen LogP contribution in [0.2, 0.25) is 0 Å². The average Bonchev–Trinajstić information content (AvgIpc) is 3.39. The van der Waals surface area contributed by atoms with Crippen LogP contribution in [0.1, 0.15) is 30.9 Å². The van der Waals surface area contributed by atoms with E-state index in [9.17, 15) is 4.79 Å². The van der Waals surface area contributed by atoms with Crippen LogP contribution in [0, 0.1) is 11.8 Å². The van der Waals surface area contributed by atoms with Crippen LogP contribution in [0.15, 0.2) is 48.8 Å². The zero-order valence-electron chi connectivity index (χ0n) is 17.8. The van der Waals surface area contributed by atoms with Gasteiger partial charge in [0.05, 0.1) is 0 Å². The number of carbonyl (C=O) groups is 1. The minimum Gasteiger partial charge on any atom is -0.369 e. The van der Waals surface area contributed by atoms with Gasteiger partial charge in [-0.15, -0.1) is 0 Å². The number of pyridine rings is 1. The zero-order valence-corrected chi connectivity index (χ0v) is 17.8. The van der Waals surface area contributed by atoms with Crippen molar-refractivity contribution in [2.75, 3.05) is 25.0 Å². The average molecular weight is 403 g/mol. The van der Waals surface area contributed by atoms with E-state index in [1.54, 1.807) is 0 Å². The minimum absolute atomic E-state index is 0.309. The number of fused-ring (bicyclic) bond motifs is 2. The van der Waals surface area contributed by atoms with E-state index in [1.165, 1.54) is 16.8 Å². The van der Waals surface area contributed by atoms with Crippen molar-refractivity contribution >= 4 is 22.6 Å². The maximum absolute atomic E-state index is 13.2. The van der Waals surface area contributed by atoms with Gasteiger partial charge in [-0.25, -0.2) is 4.98 Å². The molecule has 5 nitrogen and oxygen atoms in total. The molecule has 1 aliphatic carbocycles. The Morgan fingerprint density at radius 1 is 1.20 bits per heavy atom. The van der Waals surface area contributed by atoms with E-state index in [0.717, 1.165) is 43.4 Å². The lowest BCUT2D eigenvalue weighted by Crippen LogP contribution is -2.53. The maximum Gasteiger partial charge on any atom is 0.222 e. The van der Waals surface area contributed by atoms with Crippen molar-refractivity contribution in [1.29, 1.82) is 0 Å². The quantitative estimate of drug-likeness (QED) is 0.717. The molecule has 0 spiro atoms. The van der Waals surface area contributed by atoms with Crippen LogP contribution in [-0.4, -0.2) is 47.0 Å². The topological polar surface area (TPSA) is 52.2 Å². The van der Waals surface area contributed by atoms with Crippen LogP contribution in [0.5, 0.6) is 0 Å². The number of piperidine rings is 1. The molecule has 3 heterocycles. The number of likely N-dealkylation sites (N-methyl/N-ethyl adjacent to an activating group) is 1. The molecule has 0 bridgehead atoms. The zero-order chi connectivity index (χ0) is 20.7. The highest BCUT2D eigenvalue weighted by molar-refractivity contribution is 5.89. The number of hydrogen-bond donors (Lipinski definition) is 1. The van der Waals surface area contributed by atoms with E-state index in [1.807, 2.05) is 12.4 Å². The van der Waals surface area contributed by atoms with Gasteiger partial charge in [-0.2, -0.15) is 0 Å². The third-order valence-corrected chi connectivity index (χ3v) is 7.18. The lowest BCUT2D eigenvalue weighted by atomic mass is 9.91. The SMILES string of the molecule is C[C@@H]1CCN(C(=O)CC2Cc3ccccc3C2)CC1N(C)c1ccnc2[nH]ccc12. The Morgan fingerprint density at radius 3 is 2.73 bits per heavy atom. The summed E-state index contributed by atoms with van der Waals surface area (Å²) >= 11 is 0. The van der Waals surface area contributed by atoms with Crippen molar-refractivity contribution in [3.8, 4) is 0 Å². The van der Waals surface area contributed by atoms with Crippen molar-refractivity contribution in [3.63, 3.8) is 0 Å². The molecule has 1 fully saturated rings. The van der Waals surface area contributed by atoms with Gasteiger partial charge in [0.25, 0.3) is 0 Å². The van der Waals surface area contributed by atoms with Crippen molar-refractivity contribution < 1.29 is 4.79 Å². The monoisotopic (exact) mass is 402 g/mol. The number of hydrogen-bond acceptors (Lipinski definition) is 3. The molecule has 2 aliphatic rings. The summed E-state index contributed by atoms with van der Waals surface area (Å²) in [6.07, 6.45) is 7.59. The van der Waals surface area contributed by atoms with E-state index >= 15 is 0 Å². The van der Waals surface area contributed by atoms with E-state index < -0.39 is 0 Å². The van der Waals surface area contributed by atoms with Gasteiger partial charge in [0, 0.05) is 56.1 Å².